The molecule has 2 aromatic carbocycles. The zero-order chi connectivity index (χ0) is 14.7. The van der Waals surface area contributed by atoms with Gasteiger partial charge in [0.05, 0.1) is 0 Å². The topological polar surface area (TPSA) is 15.3 Å². The van der Waals surface area contributed by atoms with Gasteiger partial charge < -0.3 is 10.2 Å². The highest BCUT2D eigenvalue weighted by molar-refractivity contribution is 5.53. The van der Waals surface area contributed by atoms with E-state index in [2.05, 4.69) is 72.7 Å². The standard InChI is InChI=1S/C19H24N2/c1-15-7-3-4-9-18(15)14-21(2)13-16-11-17-8-5-6-10-19(17)20-12-16/h3-10,16,20H,11-14H2,1-2H3. The first-order valence-electron chi connectivity index (χ1n) is 7.77. The summed E-state index contributed by atoms with van der Waals surface area (Å²) in [7, 11) is 2.23. The van der Waals surface area contributed by atoms with Crippen LogP contribution in [0.4, 0.5) is 5.69 Å². The molecule has 0 amide bonds. The minimum Gasteiger partial charge on any atom is -0.384 e. The first-order chi connectivity index (χ1) is 10.2. The van der Waals surface area contributed by atoms with Gasteiger partial charge in [0.15, 0.2) is 0 Å². The van der Waals surface area contributed by atoms with Gasteiger partial charge in [-0.05, 0) is 49.1 Å². The Bertz CT molecular complexity index is 606. The second kappa shape index (κ2) is 6.31. The smallest absolute Gasteiger partial charge is 0.0372 e. The van der Waals surface area contributed by atoms with Crippen molar-refractivity contribution in [2.24, 2.45) is 5.92 Å². The van der Waals surface area contributed by atoms with Crippen molar-refractivity contribution in [3.8, 4) is 0 Å². The third-order valence-electron chi connectivity index (χ3n) is 4.38. The molecule has 3 rings (SSSR count). The molecule has 0 saturated carbocycles. The fraction of sp³-hybridized carbons (Fsp3) is 0.368. The Morgan fingerprint density at radius 2 is 1.86 bits per heavy atom. The number of nitrogens with zero attached hydrogens (tertiary/aromatic N) is 1. The van der Waals surface area contributed by atoms with Gasteiger partial charge in [-0.2, -0.15) is 0 Å². The van der Waals surface area contributed by atoms with Crippen LogP contribution in [0.15, 0.2) is 48.5 Å². The summed E-state index contributed by atoms with van der Waals surface area (Å²) >= 11 is 0. The van der Waals surface area contributed by atoms with Gasteiger partial charge in [-0.25, -0.2) is 0 Å². The highest BCUT2D eigenvalue weighted by Crippen LogP contribution is 2.24. The SMILES string of the molecule is Cc1ccccc1CN(C)CC1CNc2ccccc2C1. The minimum atomic E-state index is 0.689. The van der Waals surface area contributed by atoms with Crippen LogP contribution in [-0.2, 0) is 13.0 Å². The molecule has 1 unspecified atom stereocenters. The molecule has 1 heterocycles. The van der Waals surface area contributed by atoms with Crippen LogP contribution >= 0.6 is 0 Å². The quantitative estimate of drug-likeness (QED) is 0.918. The lowest BCUT2D eigenvalue weighted by Gasteiger charge is -2.30. The maximum absolute atomic E-state index is 3.57. The molecule has 0 bridgehead atoms. The van der Waals surface area contributed by atoms with Gasteiger partial charge in [0.25, 0.3) is 0 Å². The number of benzene rings is 2. The van der Waals surface area contributed by atoms with Crippen molar-refractivity contribution in [3.63, 3.8) is 0 Å². The number of fused-ring (bicyclic) bond motifs is 1. The molecule has 0 saturated heterocycles. The van der Waals surface area contributed by atoms with Crippen LogP contribution in [0.25, 0.3) is 0 Å². The second-order valence-corrected chi connectivity index (χ2v) is 6.23. The van der Waals surface area contributed by atoms with E-state index in [1.165, 1.54) is 28.8 Å². The van der Waals surface area contributed by atoms with Crippen LogP contribution < -0.4 is 5.32 Å². The molecule has 2 nitrogen and oxygen atoms in total. The Morgan fingerprint density at radius 3 is 2.71 bits per heavy atom. The number of anilines is 1. The summed E-state index contributed by atoms with van der Waals surface area (Å²) in [6, 6.07) is 17.4. The van der Waals surface area contributed by atoms with E-state index < -0.39 is 0 Å². The van der Waals surface area contributed by atoms with Gasteiger partial charge in [-0.15, -0.1) is 0 Å². The lowest BCUT2D eigenvalue weighted by Crippen LogP contribution is -2.33. The molecule has 1 N–H and O–H groups in total. The summed E-state index contributed by atoms with van der Waals surface area (Å²) in [6.07, 6.45) is 1.18. The van der Waals surface area contributed by atoms with E-state index in [-0.39, 0.29) is 0 Å². The Morgan fingerprint density at radius 1 is 1.10 bits per heavy atom. The van der Waals surface area contributed by atoms with Crippen molar-refractivity contribution < 1.29 is 0 Å². The zero-order valence-electron chi connectivity index (χ0n) is 13.0. The maximum Gasteiger partial charge on any atom is 0.0372 e. The molecule has 1 atom stereocenters. The molecule has 0 aliphatic carbocycles. The van der Waals surface area contributed by atoms with E-state index in [9.17, 15) is 0 Å². The molecule has 0 aromatic heterocycles. The van der Waals surface area contributed by atoms with Gasteiger partial charge in [-0.1, -0.05) is 42.5 Å². The first kappa shape index (κ1) is 14.2. The van der Waals surface area contributed by atoms with E-state index in [4.69, 9.17) is 0 Å². The van der Waals surface area contributed by atoms with E-state index in [1.54, 1.807) is 0 Å². The summed E-state index contributed by atoms with van der Waals surface area (Å²) in [5.41, 5.74) is 5.59. The summed E-state index contributed by atoms with van der Waals surface area (Å²) in [6.45, 7) is 5.44. The number of para-hydroxylation sites is 1. The van der Waals surface area contributed by atoms with Crippen molar-refractivity contribution in [2.45, 2.75) is 19.9 Å². The van der Waals surface area contributed by atoms with Crippen LogP contribution in [0, 0.1) is 12.8 Å². The van der Waals surface area contributed by atoms with E-state index in [1.807, 2.05) is 0 Å². The first-order valence-corrected chi connectivity index (χ1v) is 7.77. The largest absolute Gasteiger partial charge is 0.384 e. The Labute approximate surface area is 127 Å². The van der Waals surface area contributed by atoms with Gasteiger partial charge >= 0.3 is 0 Å². The number of hydrogen-bond acceptors (Lipinski definition) is 2. The van der Waals surface area contributed by atoms with Crippen LogP contribution in [0.3, 0.4) is 0 Å². The molecular weight excluding hydrogens is 256 g/mol. The van der Waals surface area contributed by atoms with E-state index in [0.717, 1.165) is 19.6 Å². The highest BCUT2D eigenvalue weighted by Gasteiger charge is 2.19. The lowest BCUT2D eigenvalue weighted by atomic mass is 9.93. The fourth-order valence-corrected chi connectivity index (χ4v) is 3.22. The van der Waals surface area contributed by atoms with Crippen molar-refractivity contribution in [1.82, 2.24) is 4.90 Å². The van der Waals surface area contributed by atoms with Gasteiger partial charge in [0.1, 0.15) is 0 Å². The normalized spacial score (nSPS) is 17.4. The fourth-order valence-electron chi connectivity index (χ4n) is 3.22. The van der Waals surface area contributed by atoms with Crippen molar-refractivity contribution in [1.29, 1.82) is 0 Å². The predicted octanol–water partition coefficient (Wildman–Crippen LogP) is 3.71. The van der Waals surface area contributed by atoms with Crippen molar-refractivity contribution in [3.05, 3.63) is 65.2 Å². The molecule has 1 aliphatic heterocycles. The van der Waals surface area contributed by atoms with Crippen LogP contribution in [0.1, 0.15) is 16.7 Å². The van der Waals surface area contributed by atoms with E-state index >= 15 is 0 Å². The molecule has 0 fully saturated rings. The van der Waals surface area contributed by atoms with E-state index in [0.29, 0.717) is 5.92 Å². The number of hydrogen-bond donors (Lipinski definition) is 1. The average Bonchev–Trinajstić information content (AvgIpc) is 2.49. The molecule has 0 spiro atoms. The lowest BCUT2D eigenvalue weighted by molar-refractivity contribution is 0.271. The predicted molar refractivity (Wildman–Crippen MR) is 89.6 cm³/mol. The summed E-state index contributed by atoms with van der Waals surface area (Å²) < 4.78 is 0. The third kappa shape index (κ3) is 3.45. The average molecular weight is 280 g/mol. The maximum atomic E-state index is 3.57. The Hall–Kier alpha value is -1.80. The van der Waals surface area contributed by atoms with Crippen molar-refractivity contribution >= 4 is 5.69 Å². The van der Waals surface area contributed by atoms with Crippen molar-refractivity contribution in [2.75, 3.05) is 25.5 Å². The highest BCUT2D eigenvalue weighted by atomic mass is 15.1. The molecule has 0 radical (unpaired) electrons. The summed E-state index contributed by atoms with van der Waals surface area (Å²) in [5.74, 6) is 0.689. The van der Waals surface area contributed by atoms with Crippen LogP contribution in [-0.4, -0.2) is 25.0 Å². The number of rotatable bonds is 4. The third-order valence-corrected chi connectivity index (χ3v) is 4.38. The van der Waals surface area contributed by atoms with Gasteiger partial charge in [-0.3, -0.25) is 0 Å². The van der Waals surface area contributed by atoms with Gasteiger partial charge in [0, 0.05) is 25.3 Å². The molecular formula is C19H24N2. The molecule has 110 valence electrons. The summed E-state index contributed by atoms with van der Waals surface area (Å²) in [4.78, 5) is 2.45. The summed E-state index contributed by atoms with van der Waals surface area (Å²) in [5, 5.41) is 3.57. The van der Waals surface area contributed by atoms with Crippen LogP contribution in [0.2, 0.25) is 0 Å². The second-order valence-electron chi connectivity index (χ2n) is 6.23. The molecule has 2 heteroatoms. The zero-order valence-corrected chi connectivity index (χ0v) is 13.0. The number of nitrogens with one attached hydrogen (secondary N) is 1. The molecule has 2 aromatic rings. The number of aryl methyl sites for hydroxylation is 1. The molecule has 21 heavy (non-hydrogen) atoms. The minimum absolute atomic E-state index is 0.689. The van der Waals surface area contributed by atoms with Crippen LogP contribution in [0.5, 0.6) is 0 Å². The monoisotopic (exact) mass is 280 g/mol. The molecule has 1 aliphatic rings. The Balaban J connectivity index is 1.59. The Kier molecular flexibility index (Phi) is 4.26. The van der Waals surface area contributed by atoms with Gasteiger partial charge in [0.2, 0.25) is 0 Å².